The molecule has 29 heavy (non-hydrogen) atoms. The zero-order valence-corrected chi connectivity index (χ0v) is 17.8. The topological polar surface area (TPSA) is 47.4 Å². The lowest BCUT2D eigenvalue weighted by Crippen LogP contribution is -2.43. The van der Waals surface area contributed by atoms with E-state index in [4.69, 9.17) is 21.4 Å². The quantitative estimate of drug-likeness (QED) is 0.525. The molecule has 0 saturated carbocycles. The number of halogens is 1. The van der Waals surface area contributed by atoms with Gasteiger partial charge in [0.1, 0.15) is 5.60 Å². The monoisotopic (exact) mass is 411 g/mol. The molecule has 5 nitrogen and oxygen atoms in total. The van der Waals surface area contributed by atoms with Gasteiger partial charge in [-0.05, 0) is 62.9 Å². The number of fused-ring (bicyclic) bond motifs is 1. The van der Waals surface area contributed by atoms with Crippen molar-refractivity contribution in [2.45, 2.75) is 45.3 Å². The minimum atomic E-state index is -0.484. The van der Waals surface area contributed by atoms with Crippen LogP contribution in [0.25, 0.3) is 22.0 Å². The number of carbonyl (C=O) groups is 1. The van der Waals surface area contributed by atoms with Gasteiger partial charge in [-0.2, -0.15) is 5.10 Å². The second-order valence-corrected chi connectivity index (χ2v) is 9.05. The maximum Gasteiger partial charge on any atom is 0.410 e. The molecular weight excluding hydrogens is 386 g/mol. The third-order valence-electron chi connectivity index (χ3n) is 5.12. The van der Waals surface area contributed by atoms with E-state index >= 15 is 0 Å². The number of piperidine rings is 1. The summed E-state index contributed by atoms with van der Waals surface area (Å²) in [6.45, 7) is 7.03. The molecule has 1 amide bonds. The number of rotatable bonds is 2. The number of carbonyl (C=O) groups excluding carboxylic acids is 1. The third-order valence-corrected chi connectivity index (χ3v) is 5.38. The molecule has 1 fully saturated rings. The summed E-state index contributed by atoms with van der Waals surface area (Å²) in [4.78, 5) is 14.2. The van der Waals surface area contributed by atoms with E-state index in [1.165, 1.54) is 0 Å². The summed E-state index contributed by atoms with van der Waals surface area (Å²) >= 11 is 6.00. The van der Waals surface area contributed by atoms with Crippen LogP contribution >= 0.6 is 11.6 Å². The van der Waals surface area contributed by atoms with Crippen molar-refractivity contribution in [3.8, 4) is 11.1 Å². The highest BCUT2D eigenvalue weighted by molar-refractivity contribution is 6.30. The van der Waals surface area contributed by atoms with Crippen LogP contribution in [0.3, 0.4) is 0 Å². The van der Waals surface area contributed by atoms with Crippen molar-refractivity contribution in [3.63, 3.8) is 0 Å². The summed E-state index contributed by atoms with van der Waals surface area (Å²) in [7, 11) is 0. The standard InChI is InChI=1S/C23H26ClN3O2/c1-23(2,3)29-22(28)26-12-4-5-20(15-26)27-14-18-7-6-17(13-21(18)25-27)16-8-10-19(24)11-9-16/h6-11,13-14,20H,4-5,12,15H2,1-3H3. The molecule has 0 radical (unpaired) electrons. The van der Waals surface area contributed by atoms with Gasteiger partial charge in [0.25, 0.3) is 0 Å². The number of hydrogen-bond donors (Lipinski definition) is 0. The summed E-state index contributed by atoms with van der Waals surface area (Å²) in [6.07, 6.45) is 3.77. The Hall–Kier alpha value is -2.53. The van der Waals surface area contributed by atoms with E-state index in [9.17, 15) is 4.79 Å². The largest absolute Gasteiger partial charge is 0.444 e. The minimum Gasteiger partial charge on any atom is -0.444 e. The number of aromatic nitrogens is 2. The van der Waals surface area contributed by atoms with Crippen molar-refractivity contribution in [3.05, 3.63) is 53.7 Å². The van der Waals surface area contributed by atoms with Gasteiger partial charge in [-0.15, -0.1) is 0 Å². The molecule has 0 N–H and O–H groups in total. The molecule has 1 saturated heterocycles. The van der Waals surface area contributed by atoms with Crippen molar-refractivity contribution in [1.82, 2.24) is 14.7 Å². The summed E-state index contributed by atoms with van der Waals surface area (Å²) in [5.74, 6) is 0. The number of amides is 1. The van der Waals surface area contributed by atoms with Crippen LogP contribution in [0.5, 0.6) is 0 Å². The van der Waals surface area contributed by atoms with E-state index < -0.39 is 5.60 Å². The van der Waals surface area contributed by atoms with Crippen LogP contribution in [0.4, 0.5) is 4.79 Å². The van der Waals surface area contributed by atoms with Gasteiger partial charge in [-0.1, -0.05) is 35.9 Å². The first-order valence-corrected chi connectivity index (χ1v) is 10.4. The van der Waals surface area contributed by atoms with E-state index in [1.54, 1.807) is 4.90 Å². The molecule has 0 aliphatic carbocycles. The van der Waals surface area contributed by atoms with Gasteiger partial charge in [0.2, 0.25) is 0 Å². The normalized spacial score (nSPS) is 17.5. The Bertz CT molecular complexity index is 1020. The Kier molecular flexibility index (Phi) is 5.26. The Morgan fingerprint density at radius 1 is 1.14 bits per heavy atom. The molecule has 1 aliphatic heterocycles. The van der Waals surface area contributed by atoms with Gasteiger partial charge < -0.3 is 9.64 Å². The molecule has 152 valence electrons. The molecular formula is C23H26ClN3O2. The molecule has 6 heteroatoms. The molecule has 1 aromatic heterocycles. The molecule has 2 heterocycles. The van der Waals surface area contributed by atoms with Crippen LogP contribution in [0, 0.1) is 0 Å². The minimum absolute atomic E-state index is 0.155. The first kappa shape index (κ1) is 19.8. The zero-order chi connectivity index (χ0) is 20.6. The van der Waals surface area contributed by atoms with Crippen molar-refractivity contribution in [1.29, 1.82) is 0 Å². The fraction of sp³-hybridized carbons (Fsp3) is 0.391. The van der Waals surface area contributed by atoms with E-state index in [-0.39, 0.29) is 12.1 Å². The third kappa shape index (κ3) is 4.56. The lowest BCUT2D eigenvalue weighted by molar-refractivity contribution is 0.0168. The molecule has 1 aliphatic rings. The predicted octanol–water partition coefficient (Wildman–Crippen LogP) is 5.93. The molecule has 1 atom stereocenters. The van der Waals surface area contributed by atoms with Crippen LogP contribution in [-0.2, 0) is 4.74 Å². The summed E-state index contributed by atoms with van der Waals surface area (Å²) in [6, 6.07) is 14.3. The Balaban J connectivity index is 1.54. The van der Waals surface area contributed by atoms with Crippen LogP contribution in [0.15, 0.2) is 48.7 Å². The summed E-state index contributed by atoms with van der Waals surface area (Å²) in [5.41, 5.74) is 2.69. The Labute approximate surface area is 176 Å². The summed E-state index contributed by atoms with van der Waals surface area (Å²) in [5, 5.41) is 6.64. The molecule has 0 spiro atoms. The number of benzene rings is 2. The zero-order valence-electron chi connectivity index (χ0n) is 17.1. The van der Waals surface area contributed by atoms with Gasteiger partial charge in [0, 0.05) is 29.7 Å². The van der Waals surface area contributed by atoms with Crippen molar-refractivity contribution >= 4 is 28.6 Å². The first-order chi connectivity index (χ1) is 13.8. The lowest BCUT2D eigenvalue weighted by Gasteiger charge is -2.34. The molecule has 3 aromatic rings. The molecule has 4 rings (SSSR count). The Morgan fingerprint density at radius 3 is 2.59 bits per heavy atom. The van der Waals surface area contributed by atoms with Gasteiger partial charge in [-0.25, -0.2) is 4.79 Å². The second-order valence-electron chi connectivity index (χ2n) is 8.61. The van der Waals surface area contributed by atoms with Gasteiger partial charge in [0.05, 0.1) is 11.6 Å². The lowest BCUT2D eigenvalue weighted by atomic mass is 10.0. The average molecular weight is 412 g/mol. The average Bonchev–Trinajstić information content (AvgIpc) is 3.11. The Morgan fingerprint density at radius 2 is 1.86 bits per heavy atom. The van der Waals surface area contributed by atoms with Crippen molar-refractivity contribution in [2.24, 2.45) is 0 Å². The van der Waals surface area contributed by atoms with E-state index in [2.05, 4.69) is 24.4 Å². The number of likely N-dealkylation sites (tertiary alicyclic amines) is 1. The fourth-order valence-electron chi connectivity index (χ4n) is 3.71. The molecule has 1 unspecified atom stereocenters. The number of ether oxygens (including phenoxy) is 1. The highest BCUT2D eigenvalue weighted by atomic mass is 35.5. The predicted molar refractivity (Wildman–Crippen MR) is 116 cm³/mol. The first-order valence-electron chi connectivity index (χ1n) is 10.0. The SMILES string of the molecule is CC(C)(C)OC(=O)N1CCCC(n2cc3ccc(-c4ccc(Cl)cc4)cc3n2)C1. The highest BCUT2D eigenvalue weighted by Gasteiger charge is 2.28. The summed E-state index contributed by atoms with van der Waals surface area (Å²) < 4.78 is 7.55. The number of nitrogens with zero attached hydrogens (tertiary/aromatic N) is 3. The smallest absolute Gasteiger partial charge is 0.410 e. The second kappa shape index (κ2) is 7.71. The van der Waals surface area contributed by atoms with Crippen LogP contribution in [0.2, 0.25) is 5.02 Å². The fourth-order valence-corrected chi connectivity index (χ4v) is 3.83. The van der Waals surface area contributed by atoms with E-state index in [1.807, 2.05) is 49.7 Å². The van der Waals surface area contributed by atoms with E-state index in [0.29, 0.717) is 6.54 Å². The van der Waals surface area contributed by atoms with Crippen molar-refractivity contribution in [2.75, 3.05) is 13.1 Å². The van der Waals surface area contributed by atoms with Gasteiger partial charge >= 0.3 is 6.09 Å². The van der Waals surface area contributed by atoms with Crippen LogP contribution < -0.4 is 0 Å². The van der Waals surface area contributed by atoms with E-state index in [0.717, 1.165) is 46.4 Å². The van der Waals surface area contributed by atoms with Crippen LogP contribution in [0.1, 0.15) is 39.7 Å². The highest BCUT2D eigenvalue weighted by Crippen LogP contribution is 2.28. The number of hydrogen-bond acceptors (Lipinski definition) is 3. The maximum absolute atomic E-state index is 12.5. The van der Waals surface area contributed by atoms with Crippen molar-refractivity contribution < 1.29 is 9.53 Å². The maximum atomic E-state index is 12.5. The van der Waals surface area contributed by atoms with Crippen LogP contribution in [-0.4, -0.2) is 39.5 Å². The van der Waals surface area contributed by atoms with Gasteiger partial charge in [-0.3, -0.25) is 4.68 Å². The van der Waals surface area contributed by atoms with Gasteiger partial charge in [0.15, 0.2) is 0 Å². The molecule has 0 bridgehead atoms. The molecule has 2 aromatic carbocycles.